The molecule has 0 amide bonds. The van der Waals surface area contributed by atoms with E-state index in [1.807, 2.05) is 17.9 Å². The van der Waals surface area contributed by atoms with E-state index in [-0.39, 0.29) is 6.04 Å². The van der Waals surface area contributed by atoms with Crippen LogP contribution in [-0.4, -0.2) is 16.3 Å². The molecule has 0 aliphatic carbocycles. The van der Waals surface area contributed by atoms with E-state index in [0.29, 0.717) is 0 Å². The van der Waals surface area contributed by atoms with Crippen LogP contribution in [0.1, 0.15) is 36.2 Å². The SMILES string of the molecule is CCCNC(c1ccc(Br)c(C)c1)c1ccn(C)n1. The van der Waals surface area contributed by atoms with Crippen molar-refractivity contribution in [2.24, 2.45) is 7.05 Å². The molecule has 0 saturated heterocycles. The number of nitrogens with one attached hydrogen (secondary N) is 1. The normalized spacial score (nSPS) is 12.6. The molecular formula is C15H20BrN3. The van der Waals surface area contributed by atoms with E-state index >= 15 is 0 Å². The highest BCUT2D eigenvalue weighted by Gasteiger charge is 2.16. The summed E-state index contributed by atoms with van der Waals surface area (Å²) >= 11 is 3.55. The van der Waals surface area contributed by atoms with E-state index < -0.39 is 0 Å². The molecule has 2 aromatic rings. The second-order valence-electron chi connectivity index (χ2n) is 4.81. The highest BCUT2D eigenvalue weighted by Crippen LogP contribution is 2.25. The molecule has 1 unspecified atom stereocenters. The predicted octanol–water partition coefficient (Wildman–Crippen LogP) is 3.58. The third-order valence-corrected chi connectivity index (χ3v) is 4.03. The maximum absolute atomic E-state index is 4.53. The fourth-order valence-electron chi connectivity index (χ4n) is 2.12. The number of benzene rings is 1. The number of halogens is 1. The summed E-state index contributed by atoms with van der Waals surface area (Å²) in [5.41, 5.74) is 3.57. The van der Waals surface area contributed by atoms with Crippen molar-refractivity contribution < 1.29 is 0 Å². The molecule has 102 valence electrons. The van der Waals surface area contributed by atoms with Crippen LogP contribution in [-0.2, 0) is 7.05 Å². The number of hydrogen-bond donors (Lipinski definition) is 1. The van der Waals surface area contributed by atoms with Crippen molar-refractivity contribution in [3.63, 3.8) is 0 Å². The monoisotopic (exact) mass is 321 g/mol. The largest absolute Gasteiger partial charge is 0.305 e. The predicted molar refractivity (Wildman–Crippen MR) is 82.2 cm³/mol. The summed E-state index contributed by atoms with van der Waals surface area (Å²) in [6.07, 6.45) is 3.10. The molecule has 0 bridgehead atoms. The Hall–Kier alpha value is -1.13. The smallest absolute Gasteiger partial charge is 0.0839 e. The molecule has 0 spiro atoms. The zero-order chi connectivity index (χ0) is 13.8. The van der Waals surface area contributed by atoms with Crippen molar-refractivity contribution in [1.82, 2.24) is 15.1 Å². The maximum Gasteiger partial charge on any atom is 0.0839 e. The summed E-state index contributed by atoms with van der Waals surface area (Å²) in [6.45, 7) is 5.27. The minimum atomic E-state index is 0.160. The highest BCUT2D eigenvalue weighted by atomic mass is 79.9. The average molecular weight is 322 g/mol. The lowest BCUT2D eigenvalue weighted by atomic mass is 10.0. The molecule has 0 fully saturated rings. The van der Waals surface area contributed by atoms with Gasteiger partial charge >= 0.3 is 0 Å². The summed E-state index contributed by atoms with van der Waals surface area (Å²) in [4.78, 5) is 0. The van der Waals surface area contributed by atoms with Crippen molar-refractivity contribution in [3.05, 3.63) is 51.8 Å². The fraction of sp³-hybridized carbons (Fsp3) is 0.400. The molecule has 4 heteroatoms. The number of nitrogens with zero attached hydrogens (tertiary/aromatic N) is 2. The van der Waals surface area contributed by atoms with Gasteiger partial charge in [0.1, 0.15) is 0 Å². The Morgan fingerprint density at radius 1 is 1.37 bits per heavy atom. The summed E-state index contributed by atoms with van der Waals surface area (Å²) in [7, 11) is 1.95. The van der Waals surface area contributed by atoms with Crippen LogP contribution in [0.4, 0.5) is 0 Å². The minimum absolute atomic E-state index is 0.160. The molecule has 3 nitrogen and oxygen atoms in total. The van der Waals surface area contributed by atoms with E-state index in [2.05, 4.69) is 64.5 Å². The third-order valence-electron chi connectivity index (χ3n) is 3.14. The van der Waals surface area contributed by atoms with Gasteiger partial charge in [0, 0.05) is 17.7 Å². The van der Waals surface area contributed by atoms with Crippen LogP contribution in [0.15, 0.2) is 34.9 Å². The van der Waals surface area contributed by atoms with Gasteiger partial charge in [0.05, 0.1) is 11.7 Å². The summed E-state index contributed by atoms with van der Waals surface area (Å²) in [5, 5.41) is 8.11. The Bertz CT molecular complexity index is 548. The first-order valence-electron chi connectivity index (χ1n) is 6.60. The number of hydrogen-bond acceptors (Lipinski definition) is 2. The fourth-order valence-corrected chi connectivity index (χ4v) is 2.36. The molecule has 1 aromatic heterocycles. The lowest BCUT2D eigenvalue weighted by Gasteiger charge is -2.18. The topological polar surface area (TPSA) is 29.9 Å². The van der Waals surface area contributed by atoms with Crippen molar-refractivity contribution in [2.75, 3.05) is 6.54 Å². The van der Waals surface area contributed by atoms with Gasteiger partial charge in [0.25, 0.3) is 0 Å². The zero-order valence-corrected chi connectivity index (χ0v) is 13.2. The van der Waals surface area contributed by atoms with Crippen molar-refractivity contribution in [1.29, 1.82) is 0 Å². The molecule has 0 saturated carbocycles. The molecule has 1 N–H and O–H groups in total. The molecule has 0 radical (unpaired) electrons. The lowest BCUT2D eigenvalue weighted by Crippen LogP contribution is -2.23. The van der Waals surface area contributed by atoms with Gasteiger partial charge in [0.15, 0.2) is 0 Å². The van der Waals surface area contributed by atoms with Gasteiger partial charge in [-0.15, -0.1) is 0 Å². The van der Waals surface area contributed by atoms with E-state index in [4.69, 9.17) is 0 Å². The highest BCUT2D eigenvalue weighted by molar-refractivity contribution is 9.10. The first-order valence-corrected chi connectivity index (χ1v) is 7.40. The second kappa shape index (κ2) is 6.35. The number of rotatable bonds is 5. The van der Waals surface area contributed by atoms with Crippen LogP contribution in [0, 0.1) is 6.92 Å². The molecule has 0 aliphatic rings. The maximum atomic E-state index is 4.53. The van der Waals surface area contributed by atoms with Crippen LogP contribution < -0.4 is 5.32 Å². The molecule has 1 atom stereocenters. The minimum Gasteiger partial charge on any atom is -0.305 e. The van der Waals surface area contributed by atoms with Crippen LogP contribution in [0.3, 0.4) is 0 Å². The standard InChI is InChI=1S/C15H20BrN3/c1-4-8-17-15(14-7-9-19(3)18-14)12-5-6-13(16)11(2)10-12/h5-7,9-10,15,17H,4,8H2,1-3H3. The lowest BCUT2D eigenvalue weighted by molar-refractivity contribution is 0.575. The van der Waals surface area contributed by atoms with Gasteiger partial charge < -0.3 is 5.32 Å². The molecule has 0 aliphatic heterocycles. The molecule has 1 aromatic carbocycles. The molecule has 1 heterocycles. The van der Waals surface area contributed by atoms with Gasteiger partial charge in [-0.2, -0.15) is 5.10 Å². The Morgan fingerprint density at radius 3 is 2.74 bits per heavy atom. The van der Waals surface area contributed by atoms with Crippen LogP contribution in [0.25, 0.3) is 0 Å². The van der Waals surface area contributed by atoms with E-state index in [0.717, 1.165) is 23.1 Å². The van der Waals surface area contributed by atoms with E-state index in [1.165, 1.54) is 11.1 Å². The van der Waals surface area contributed by atoms with E-state index in [1.54, 1.807) is 0 Å². The Kier molecular flexibility index (Phi) is 4.77. The number of aryl methyl sites for hydroxylation is 2. The molecule has 2 rings (SSSR count). The number of aromatic nitrogens is 2. The van der Waals surface area contributed by atoms with Crippen molar-refractivity contribution in [2.45, 2.75) is 26.3 Å². The third kappa shape index (κ3) is 3.45. The van der Waals surface area contributed by atoms with Gasteiger partial charge in [0.2, 0.25) is 0 Å². The van der Waals surface area contributed by atoms with Crippen LogP contribution in [0.2, 0.25) is 0 Å². The Labute approximate surface area is 123 Å². The van der Waals surface area contributed by atoms with Crippen molar-refractivity contribution in [3.8, 4) is 0 Å². The second-order valence-corrected chi connectivity index (χ2v) is 5.66. The van der Waals surface area contributed by atoms with Crippen LogP contribution in [0.5, 0.6) is 0 Å². The summed E-state index contributed by atoms with van der Waals surface area (Å²) in [5.74, 6) is 0. The van der Waals surface area contributed by atoms with Gasteiger partial charge in [-0.3, -0.25) is 4.68 Å². The Morgan fingerprint density at radius 2 is 2.16 bits per heavy atom. The Balaban J connectivity index is 2.33. The quantitative estimate of drug-likeness (QED) is 0.912. The molecule has 19 heavy (non-hydrogen) atoms. The summed E-state index contributed by atoms with van der Waals surface area (Å²) in [6, 6.07) is 8.71. The first kappa shape index (κ1) is 14.3. The van der Waals surface area contributed by atoms with Gasteiger partial charge in [-0.25, -0.2) is 0 Å². The first-order chi connectivity index (χ1) is 9.11. The van der Waals surface area contributed by atoms with Gasteiger partial charge in [-0.1, -0.05) is 35.0 Å². The van der Waals surface area contributed by atoms with Crippen molar-refractivity contribution >= 4 is 15.9 Å². The van der Waals surface area contributed by atoms with Crippen LogP contribution >= 0.6 is 15.9 Å². The van der Waals surface area contributed by atoms with E-state index in [9.17, 15) is 0 Å². The molecular weight excluding hydrogens is 302 g/mol. The zero-order valence-electron chi connectivity index (χ0n) is 11.7. The van der Waals surface area contributed by atoms with Gasteiger partial charge in [-0.05, 0) is 43.1 Å². The summed E-state index contributed by atoms with van der Waals surface area (Å²) < 4.78 is 2.99. The average Bonchev–Trinajstić information content (AvgIpc) is 2.80.